The Hall–Kier alpha value is -3.61. The van der Waals surface area contributed by atoms with Crippen LogP contribution >= 0.6 is 11.6 Å². The van der Waals surface area contributed by atoms with Crippen LogP contribution in [0.15, 0.2) is 78.4 Å². The molecule has 2 fully saturated rings. The number of piperazine rings is 1. The second kappa shape index (κ2) is 9.80. The van der Waals surface area contributed by atoms with Crippen molar-refractivity contribution < 1.29 is 14.7 Å². The highest BCUT2D eigenvalue weighted by Gasteiger charge is 2.47. The first-order valence-electron chi connectivity index (χ1n) is 12.0. The lowest BCUT2D eigenvalue weighted by Gasteiger charge is -2.34. The van der Waals surface area contributed by atoms with Crippen molar-refractivity contribution in [3.8, 4) is 0 Å². The van der Waals surface area contributed by atoms with Crippen molar-refractivity contribution in [3.63, 3.8) is 0 Å². The molecule has 184 valence electrons. The molecule has 2 aliphatic rings. The molecule has 6 nitrogen and oxygen atoms in total. The van der Waals surface area contributed by atoms with E-state index in [9.17, 15) is 14.7 Å². The van der Waals surface area contributed by atoms with Gasteiger partial charge in [-0.05, 0) is 68.1 Å². The summed E-state index contributed by atoms with van der Waals surface area (Å²) in [5.74, 6) is -1.59. The number of amides is 1. The van der Waals surface area contributed by atoms with Crippen molar-refractivity contribution in [2.75, 3.05) is 43.0 Å². The number of ketones is 1. The Morgan fingerprint density at radius 2 is 1.53 bits per heavy atom. The van der Waals surface area contributed by atoms with Crippen molar-refractivity contribution in [1.82, 2.24) is 4.90 Å². The number of nitrogens with zero attached hydrogens (tertiary/aromatic N) is 3. The normalized spacial score (nSPS) is 20.2. The zero-order valence-corrected chi connectivity index (χ0v) is 21.1. The Morgan fingerprint density at radius 1 is 0.889 bits per heavy atom. The van der Waals surface area contributed by atoms with Crippen LogP contribution in [-0.2, 0) is 9.59 Å². The van der Waals surface area contributed by atoms with E-state index in [-0.39, 0.29) is 11.3 Å². The number of benzene rings is 3. The fraction of sp³-hybridized carbons (Fsp3) is 0.241. The third-order valence-electron chi connectivity index (χ3n) is 6.92. The van der Waals surface area contributed by atoms with Crippen LogP contribution in [0.5, 0.6) is 0 Å². The molecule has 2 saturated heterocycles. The maximum absolute atomic E-state index is 13.4. The number of hydrogen-bond acceptors (Lipinski definition) is 5. The van der Waals surface area contributed by atoms with Gasteiger partial charge in [0.05, 0.1) is 11.6 Å². The van der Waals surface area contributed by atoms with Crippen molar-refractivity contribution in [3.05, 3.63) is 100 Å². The van der Waals surface area contributed by atoms with Gasteiger partial charge in [0.1, 0.15) is 5.76 Å². The van der Waals surface area contributed by atoms with E-state index in [0.29, 0.717) is 16.3 Å². The number of aryl methyl sites for hydroxylation is 1. The van der Waals surface area contributed by atoms with E-state index in [0.717, 1.165) is 43.0 Å². The fourth-order valence-electron chi connectivity index (χ4n) is 4.91. The van der Waals surface area contributed by atoms with Crippen LogP contribution in [0.4, 0.5) is 11.4 Å². The minimum Gasteiger partial charge on any atom is -0.507 e. The van der Waals surface area contributed by atoms with Gasteiger partial charge in [0.25, 0.3) is 11.7 Å². The summed E-state index contributed by atoms with van der Waals surface area (Å²) in [5.41, 5.74) is 3.94. The number of aliphatic hydroxyl groups excluding tert-OH is 1. The van der Waals surface area contributed by atoms with Crippen LogP contribution in [0, 0.1) is 6.92 Å². The van der Waals surface area contributed by atoms with E-state index in [4.69, 9.17) is 11.6 Å². The van der Waals surface area contributed by atoms with E-state index >= 15 is 0 Å². The number of halogens is 1. The van der Waals surface area contributed by atoms with Crippen LogP contribution in [0.1, 0.15) is 22.7 Å². The molecule has 1 N–H and O–H groups in total. The van der Waals surface area contributed by atoms with E-state index in [1.165, 1.54) is 4.90 Å². The van der Waals surface area contributed by atoms with Gasteiger partial charge in [-0.15, -0.1) is 0 Å². The predicted molar refractivity (Wildman–Crippen MR) is 144 cm³/mol. The summed E-state index contributed by atoms with van der Waals surface area (Å²) in [6.45, 7) is 5.82. The Balaban J connectivity index is 1.58. The number of carbonyl (C=O) groups excluding carboxylic acids is 2. The molecular formula is C29H28ClN3O3. The van der Waals surface area contributed by atoms with Crippen molar-refractivity contribution in [2.45, 2.75) is 13.0 Å². The van der Waals surface area contributed by atoms with Gasteiger partial charge >= 0.3 is 0 Å². The molecule has 1 unspecified atom stereocenters. The van der Waals surface area contributed by atoms with Gasteiger partial charge in [0.2, 0.25) is 0 Å². The summed E-state index contributed by atoms with van der Waals surface area (Å²) in [7, 11) is 2.12. The third kappa shape index (κ3) is 4.50. The Morgan fingerprint density at radius 3 is 2.17 bits per heavy atom. The lowest BCUT2D eigenvalue weighted by molar-refractivity contribution is -0.132. The summed E-state index contributed by atoms with van der Waals surface area (Å²) < 4.78 is 0. The number of anilines is 2. The number of carbonyl (C=O) groups is 2. The van der Waals surface area contributed by atoms with E-state index in [1.807, 2.05) is 55.5 Å². The number of likely N-dealkylation sites (N-methyl/N-ethyl adjacent to an activating group) is 1. The molecule has 2 aliphatic heterocycles. The molecule has 1 atom stereocenters. The van der Waals surface area contributed by atoms with Gasteiger partial charge in [0.15, 0.2) is 0 Å². The van der Waals surface area contributed by atoms with E-state index in [2.05, 4.69) is 16.8 Å². The SMILES string of the molecule is Cc1cccc(C2/C(=C(\O)c3ccc(Cl)cc3)C(=O)C(=O)N2c2ccc(N3CCN(C)CC3)cc2)c1. The van der Waals surface area contributed by atoms with Crippen molar-refractivity contribution in [2.24, 2.45) is 0 Å². The summed E-state index contributed by atoms with van der Waals surface area (Å²) >= 11 is 6.02. The van der Waals surface area contributed by atoms with Gasteiger partial charge in [-0.25, -0.2) is 0 Å². The third-order valence-corrected chi connectivity index (χ3v) is 7.17. The molecule has 0 aromatic heterocycles. The highest BCUT2D eigenvalue weighted by atomic mass is 35.5. The van der Waals surface area contributed by atoms with Crippen LogP contribution in [0.3, 0.4) is 0 Å². The molecule has 0 bridgehead atoms. The average Bonchev–Trinajstić information content (AvgIpc) is 3.15. The molecule has 0 aliphatic carbocycles. The number of hydrogen-bond donors (Lipinski definition) is 1. The lowest BCUT2D eigenvalue weighted by atomic mass is 9.94. The van der Waals surface area contributed by atoms with Gasteiger partial charge in [-0.1, -0.05) is 41.4 Å². The smallest absolute Gasteiger partial charge is 0.300 e. The Labute approximate surface area is 216 Å². The highest BCUT2D eigenvalue weighted by Crippen LogP contribution is 2.42. The predicted octanol–water partition coefficient (Wildman–Crippen LogP) is 5.03. The second-order valence-corrected chi connectivity index (χ2v) is 9.83. The van der Waals surface area contributed by atoms with Gasteiger partial charge in [-0.2, -0.15) is 0 Å². The zero-order valence-electron chi connectivity index (χ0n) is 20.3. The maximum atomic E-state index is 13.4. The lowest BCUT2D eigenvalue weighted by Crippen LogP contribution is -2.44. The molecule has 36 heavy (non-hydrogen) atoms. The standard InChI is InChI=1S/C29H28ClN3O3/c1-19-4-3-5-21(18-19)26-25(27(34)20-6-8-22(30)9-7-20)28(35)29(36)33(26)24-12-10-23(11-13-24)32-16-14-31(2)15-17-32/h3-13,18,26,34H,14-17H2,1-2H3/b27-25+. The largest absolute Gasteiger partial charge is 0.507 e. The average molecular weight is 502 g/mol. The van der Waals surface area contributed by atoms with Gasteiger partial charge in [-0.3, -0.25) is 14.5 Å². The minimum atomic E-state index is -0.755. The molecule has 2 heterocycles. The molecule has 0 saturated carbocycles. The molecule has 7 heteroatoms. The number of aliphatic hydroxyl groups is 1. The minimum absolute atomic E-state index is 0.0658. The molecule has 1 amide bonds. The van der Waals surface area contributed by atoms with E-state index in [1.54, 1.807) is 24.3 Å². The van der Waals surface area contributed by atoms with Crippen LogP contribution in [-0.4, -0.2) is 54.9 Å². The monoisotopic (exact) mass is 501 g/mol. The van der Waals surface area contributed by atoms with Crippen molar-refractivity contribution >= 4 is 40.4 Å². The number of Topliss-reactive ketones (excluding diaryl/α,β-unsaturated/α-hetero) is 1. The molecule has 3 aromatic rings. The topological polar surface area (TPSA) is 64.1 Å². The first kappa shape index (κ1) is 24.1. The first-order valence-corrected chi connectivity index (χ1v) is 12.4. The second-order valence-electron chi connectivity index (χ2n) is 9.40. The Bertz CT molecular complexity index is 1330. The van der Waals surface area contributed by atoms with E-state index < -0.39 is 17.7 Å². The number of rotatable bonds is 4. The summed E-state index contributed by atoms with van der Waals surface area (Å²) in [6.07, 6.45) is 0. The quantitative estimate of drug-likeness (QED) is 0.309. The zero-order chi connectivity index (χ0) is 25.4. The van der Waals surface area contributed by atoms with Crippen molar-refractivity contribution in [1.29, 1.82) is 0 Å². The molecule has 3 aromatic carbocycles. The summed E-state index contributed by atoms with van der Waals surface area (Å²) in [4.78, 5) is 32.8. The fourth-order valence-corrected chi connectivity index (χ4v) is 5.03. The summed E-state index contributed by atoms with van der Waals surface area (Å²) in [5, 5.41) is 11.7. The van der Waals surface area contributed by atoms with Crippen LogP contribution < -0.4 is 9.80 Å². The van der Waals surface area contributed by atoms with Gasteiger partial charge < -0.3 is 14.9 Å². The Kier molecular flexibility index (Phi) is 6.56. The maximum Gasteiger partial charge on any atom is 0.300 e. The highest BCUT2D eigenvalue weighted by molar-refractivity contribution is 6.51. The van der Waals surface area contributed by atoms with Crippen LogP contribution in [0.2, 0.25) is 5.02 Å². The molecular weight excluding hydrogens is 474 g/mol. The molecule has 5 rings (SSSR count). The molecule has 0 radical (unpaired) electrons. The summed E-state index contributed by atoms with van der Waals surface area (Å²) in [6, 6.07) is 21.2. The molecule has 0 spiro atoms. The van der Waals surface area contributed by atoms with Crippen LogP contribution in [0.25, 0.3) is 5.76 Å². The first-order chi connectivity index (χ1) is 17.3. The van der Waals surface area contributed by atoms with Gasteiger partial charge in [0, 0.05) is 48.1 Å².